The fraction of sp³-hybridized carbons (Fsp3) is 0.182. The van der Waals surface area contributed by atoms with Crippen LogP contribution in [0.5, 0.6) is 0 Å². The summed E-state index contributed by atoms with van der Waals surface area (Å²) in [7, 11) is -4.55. The van der Waals surface area contributed by atoms with E-state index in [1.807, 2.05) is 79.0 Å². The van der Waals surface area contributed by atoms with Crippen LogP contribution in [-0.2, 0) is 26.0 Å². The molecule has 12 heteroatoms. The van der Waals surface area contributed by atoms with Crippen molar-refractivity contribution in [3.8, 4) is 11.3 Å². The van der Waals surface area contributed by atoms with Gasteiger partial charge < -0.3 is 5.26 Å². The van der Waals surface area contributed by atoms with Gasteiger partial charge in [-0.2, -0.15) is 4.33 Å². The summed E-state index contributed by atoms with van der Waals surface area (Å²) in [6, 6.07) is 26.1. The average Bonchev–Trinajstić information content (AvgIpc) is 3.60. The number of hydrogen-bond donors (Lipinski definition) is 0. The molecule has 2 aliphatic rings. The molecule has 230 valence electrons. The summed E-state index contributed by atoms with van der Waals surface area (Å²) in [4.78, 5) is 0. The summed E-state index contributed by atoms with van der Waals surface area (Å²) in [6.07, 6.45) is 9.15. The molecule has 2 aliphatic heterocycles. The van der Waals surface area contributed by atoms with Crippen molar-refractivity contribution in [2.75, 3.05) is 12.3 Å². The molecule has 9 nitrogen and oxygen atoms in total. The van der Waals surface area contributed by atoms with Crippen LogP contribution >= 0.6 is 12.0 Å². The number of aryl methyl sites for hydroxylation is 1. The Kier molecular flexibility index (Phi) is 8.42. The van der Waals surface area contributed by atoms with E-state index in [4.69, 9.17) is 4.42 Å². The molecule has 1 saturated heterocycles. The molecule has 7 rings (SSSR count). The molecule has 2 atom stereocenters. The van der Waals surface area contributed by atoms with Gasteiger partial charge >= 0.3 is 257 Å². The predicted molar refractivity (Wildman–Crippen MR) is 172 cm³/mol. The Morgan fingerprint density at radius 1 is 1.09 bits per heavy atom. The number of fused-ring (bicyclic) bond motifs is 4. The van der Waals surface area contributed by atoms with Gasteiger partial charge in [-0.15, -0.1) is 0 Å². The van der Waals surface area contributed by atoms with Crippen molar-refractivity contribution >= 4 is 75.2 Å². The third kappa shape index (κ3) is 5.67. The first-order chi connectivity index (χ1) is 21.9. The Morgan fingerprint density at radius 2 is 1.93 bits per heavy atom. The maximum absolute atomic E-state index is 12.5. The van der Waals surface area contributed by atoms with Crippen molar-refractivity contribution in [1.29, 1.82) is 0 Å². The van der Waals surface area contributed by atoms with Crippen molar-refractivity contribution in [3.05, 3.63) is 107 Å². The third-order valence-corrected chi connectivity index (χ3v) is 12.9. The van der Waals surface area contributed by atoms with Crippen molar-refractivity contribution < 1.29 is 36.6 Å². The fourth-order valence-electron chi connectivity index (χ4n) is 6.29. The molecule has 2 aromatic heterocycles. The standard InChI is InChI=1S/C33H28N2O7S2Se/c36-41-42-43-20-6-17-34-18-15-23(26-9-2-3-10-27(26)34)8-5-12-33-35(19-16-32(35)44(37,38)39)28-21-25(13-14-31(28)45-33)30-22-24-7-1-4-11-29(24)40-30/h1-5,7-15,18,21-22,32H,6,16-17,19-20H2. The summed E-state index contributed by atoms with van der Waals surface area (Å²) >= 11 is 0.824. The zero-order chi connectivity index (χ0) is 31.0. The molecule has 0 aliphatic carbocycles. The number of allylic oxidation sites excluding steroid dienone is 2. The summed E-state index contributed by atoms with van der Waals surface area (Å²) < 4.78 is 52.4. The number of aromatic nitrogens is 1. The van der Waals surface area contributed by atoms with Gasteiger partial charge in [0.25, 0.3) is 0 Å². The summed E-state index contributed by atoms with van der Waals surface area (Å²) in [5.74, 6) is 1.32. The molecule has 45 heavy (non-hydrogen) atoms. The van der Waals surface area contributed by atoms with Gasteiger partial charge in [0, 0.05) is 0 Å². The molecule has 0 radical (unpaired) electrons. The van der Waals surface area contributed by atoms with E-state index in [2.05, 4.69) is 38.2 Å². The molecular formula is C33H28N2O7S2Se. The van der Waals surface area contributed by atoms with Crippen molar-refractivity contribution in [1.82, 2.24) is 4.48 Å². The molecule has 1 fully saturated rings. The molecule has 0 bridgehead atoms. The topological polar surface area (TPSA) is 116 Å². The minimum absolute atomic E-state index is 0.0637. The Hall–Kier alpha value is -3.29. The number of nitrogens with zero attached hydrogens (tertiary/aromatic N) is 2. The van der Waals surface area contributed by atoms with E-state index in [0.29, 0.717) is 24.5 Å². The van der Waals surface area contributed by atoms with Crippen LogP contribution in [0.15, 0.2) is 106 Å². The van der Waals surface area contributed by atoms with Crippen LogP contribution in [0.2, 0.25) is 0 Å². The zero-order valence-corrected chi connectivity index (χ0v) is 27.3. The molecule has 3 aromatic carbocycles. The first-order valence-corrected chi connectivity index (χ1v) is 18.5. The molecule has 0 N–H and O–H groups in total. The van der Waals surface area contributed by atoms with Crippen LogP contribution < -0.4 is 18.8 Å². The number of pyridine rings is 1. The molecule has 1 spiro atoms. The van der Waals surface area contributed by atoms with Gasteiger partial charge in [-0.3, -0.25) is 5.04 Å². The van der Waals surface area contributed by atoms with E-state index in [-0.39, 0.29) is 19.4 Å². The second-order valence-electron chi connectivity index (χ2n) is 10.9. The van der Waals surface area contributed by atoms with E-state index in [1.54, 1.807) is 0 Å². The van der Waals surface area contributed by atoms with Gasteiger partial charge in [-0.1, -0.05) is 0 Å². The number of hydrogen-bond acceptors (Lipinski definition) is 8. The van der Waals surface area contributed by atoms with Gasteiger partial charge in [-0.05, 0) is 0 Å². The number of rotatable bonds is 10. The van der Waals surface area contributed by atoms with Gasteiger partial charge in [0.2, 0.25) is 0 Å². The average molecular weight is 708 g/mol. The Balaban J connectivity index is 1.21. The SMILES string of the molecule is O=S(=O)([O-])C1CC[N+]12C(=CC=Cc1cc[n+](CCCSOO[O-])c3ccccc13)[Se]c1ccc(-c3cc4ccccc4o3)cc12. The molecule has 4 heterocycles. The monoisotopic (exact) mass is 708 g/mol. The second-order valence-corrected chi connectivity index (χ2v) is 15.5. The number of benzene rings is 3. The second kappa shape index (κ2) is 12.5. The quantitative estimate of drug-likeness (QED) is 0.0309. The van der Waals surface area contributed by atoms with E-state index in [9.17, 15) is 18.2 Å². The van der Waals surface area contributed by atoms with Crippen LogP contribution in [0.1, 0.15) is 18.4 Å². The van der Waals surface area contributed by atoms with E-state index >= 15 is 0 Å². The summed E-state index contributed by atoms with van der Waals surface area (Å²) in [6.45, 7) is 1.30. The molecular weight excluding hydrogens is 679 g/mol. The molecule has 0 amide bonds. The minimum atomic E-state index is -4.55. The molecule has 0 saturated carbocycles. The van der Waals surface area contributed by atoms with Crippen molar-refractivity contribution in [2.45, 2.75) is 24.8 Å². The summed E-state index contributed by atoms with van der Waals surface area (Å²) in [5, 5.41) is 14.4. The fourth-order valence-corrected chi connectivity index (χ4v) is 10.7. The predicted octanol–water partition coefficient (Wildman–Crippen LogP) is 4.28. The van der Waals surface area contributed by atoms with Crippen LogP contribution in [0.25, 0.3) is 39.3 Å². The zero-order valence-electron chi connectivity index (χ0n) is 23.9. The van der Waals surface area contributed by atoms with E-state index in [0.717, 1.165) is 72.8 Å². The van der Waals surface area contributed by atoms with Crippen molar-refractivity contribution in [3.63, 3.8) is 0 Å². The first kappa shape index (κ1) is 30.4. The normalized spacial score (nSPS) is 20.5. The molecule has 5 aromatic rings. The van der Waals surface area contributed by atoms with Crippen LogP contribution in [0.4, 0.5) is 5.69 Å². The van der Waals surface area contributed by atoms with Gasteiger partial charge in [-0.25, -0.2) is 0 Å². The number of para-hydroxylation sites is 2. The van der Waals surface area contributed by atoms with Gasteiger partial charge in [0.05, 0.1) is 0 Å². The van der Waals surface area contributed by atoms with E-state index in [1.165, 1.54) is 0 Å². The van der Waals surface area contributed by atoms with Crippen LogP contribution in [-0.4, -0.2) is 45.6 Å². The van der Waals surface area contributed by atoms with Crippen LogP contribution in [0, 0.1) is 0 Å². The number of quaternary nitrogens is 1. The Morgan fingerprint density at radius 3 is 2.73 bits per heavy atom. The Labute approximate surface area is 270 Å². The number of furan rings is 1. The Bertz CT molecular complexity index is 2050. The van der Waals surface area contributed by atoms with Gasteiger partial charge in [0.1, 0.15) is 0 Å². The maximum atomic E-state index is 12.5. The van der Waals surface area contributed by atoms with Crippen molar-refractivity contribution in [2.24, 2.45) is 0 Å². The van der Waals surface area contributed by atoms with E-state index < -0.39 is 15.5 Å². The third-order valence-electron chi connectivity index (χ3n) is 8.44. The summed E-state index contributed by atoms with van der Waals surface area (Å²) in [5.41, 5.74) is 4.61. The first-order valence-electron chi connectivity index (χ1n) is 14.4. The van der Waals surface area contributed by atoms with Gasteiger partial charge in [0.15, 0.2) is 0 Å². The molecule has 2 unspecified atom stereocenters. The van der Waals surface area contributed by atoms with Crippen LogP contribution in [0.3, 0.4) is 0 Å².